The van der Waals surface area contributed by atoms with E-state index in [1.807, 2.05) is 0 Å². The van der Waals surface area contributed by atoms with Crippen molar-refractivity contribution in [3.63, 3.8) is 0 Å². The number of anilines is 2. The standard InChI is InChI=1S/C8H10ClN3O3/c9-8(13)4-11-6-2-1-5(10)3-7(6)12(14)15/h1-3,8,11,13H,4,10H2. The first-order valence-electron chi connectivity index (χ1n) is 4.10. The fraction of sp³-hybridized carbons (Fsp3) is 0.250. The fourth-order valence-electron chi connectivity index (χ4n) is 1.04. The van der Waals surface area contributed by atoms with Gasteiger partial charge in [0.25, 0.3) is 5.69 Å². The molecule has 0 saturated heterocycles. The van der Waals surface area contributed by atoms with Gasteiger partial charge in [0.2, 0.25) is 0 Å². The Kier molecular flexibility index (Phi) is 3.70. The van der Waals surface area contributed by atoms with Gasteiger partial charge in [-0.25, -0.2) is 0 Å². The molecule has 0 radical (unpaired) electrons. The van der Waals surface area contributed by atoms with E-state index in [1.54, 1.807) is 0 Å². The van der Waals surface area contributed by atoms with E-state index in [9.17, 15) is 10.1 Å². The zero-order valence-corrected chi connectivity index (χ0v) is 8.44. The van der Waals surface area contributed by atoms with Gasteiger partial charge < -0.3 is 16.2 Å². The fourth-order valence-corrected chi connectivity index (χ4v) is 1.12. The molecule has 4 N–H and O–H groups in total. The van der Waals surface area contributed by atoms with E-state index in [0.717, 1.165) is 0 Å². The van der Waals surface area contributed by atoms with Crippen molar-refractivity contribution in [2.45, 2.75) is 5.56 Å². The third-order valence-electron chi connectivity index (χ3n) is 1.68. The topological polar surface area (TPSA) is 101 Å². The van der Waals surface area contributed by atoms with Crippen LogP contribution in [-0.4, -0.2) is 22.1 Å². The molecule has 7 heteroatoms. The smallest absolute Gasteiger partial charge is 0.294 e. The minimum atomic E-state index is -1.10. The van der Waals surface area contributed by atoms with Gasteiger partial charge >= 0.3 is 0 Å². The van der Waals surface area contributed by atoms with Crippen LogP contribution in [0.25, 0.3) is 0 Å². The summed E-state index contributed by atoms with van der Waals surface area (Å²) in [5.41, 5.74) is 4.75. The zero-order valence-electron chi connectivity index (χ0n) is 7.68. The van der Waals surface area contributed by atoms with Gasteiger partial charge in [0.05, 0.1) is 11.5 Å². The van der Waals surface area contributed by atoms with Gasteiger partial charge in [-0.05, 0) is 12.1 Å². The maximum absolute atomic E-state index is 10.6. The molecule has 6 nitrogen and oxygen atoms in total. The summed E-state index contributed by atoms with van der Waals surface area (Å²) in [4.78, 5) is 10.1. The van der Waals surface area contributed by atoms with E-state index in [2.05, 4.69) is 5.32 Å². The van der Waals surface area contributed by atoms with Gasteiger partial charge in [0.15, 0.2) is 0 Å². The highest BCUT2D eigenvalue weighted by Gasteiger charge is 2.14. The minimum Gasteiger partial charge on any atom is -0.399 e. The van der Waals surface area contributed by atoms with Gasteiger partial charge in [0, 0.05) is 11.8 Å². The number of halogens is 1. The van der Waals surface area contributed by atoms with Crippen LogP contribution < -0.4 is 11.1 Å². The molecule has 0 aromatic heterocycles. The van der Waals surface area contributed by atoms with Crippen LogP contribution in [0.2, 0.25) is 0 Å². The highest BCUT2D eigenvalue weighted by atomic mass is 35.5. The van der Waals surface area contributed by atoms with Crippen LogP contribution in [0.5, 0.6) is 0 Å². The second-order valence-electron chi connectivity index (χ2n) is 2.85. The molecule has 15 heavy (non-hydrogen) atoms. The SMILES string of the molecule is Nc1ccc(NCC(O)Cl)c([N+](=O)[O-])c1. The highest BCUT2D eigenvalue weighted by Crippen LogP contribution is 2.26. The molecule has 0 amide bonds. The van der Waals surface area contributed by atoms with Crippen LogP contribution in [0, 0.1) is 10.1 Å². The Morgan fingerprint density at radius 2 is 2.33 bits per heavy atom. The summed E-state index contributed by atoms with van der Waals surface area (Å²) >= 11 is 5.29. The first-order chi connectivity index (χ1) is 7.00. The summed E-state index contributed by atoms with van der Waals surface area (Å²) in [6.45, 7) is 0.0202. The summed E-state index contributed by atoms with van der Waals surface area (Å²) < 4.78 is 0. The van der Waals surface area contributed by atoms with E-state index in [4.69, 9.17) is 22.4 Å². The third kappa shape index (κ3) is 3.26. The molecular formula is C8H10ClN3O3. The van der Waals surface area contributed by atoms with Crippen molar-refractivity contribution in [1.82, 2.24) is 0 Å². The van der Waals surface area contributed by atoms with Gasteiger partial charge in [0.1, 0.15) is 11.3 Å². The lowest BCUT2D eigenvalue weighted by Gasteiger charge is -2.07. The van der Waals surface area contributed by atoms with Crippen LogP contribution in [0.15, 0.2) is 18.2 Å². The summed E-state index contributed by atoms with van der Waals surface area (Å²) in [7, 11) is 0. The lowest BCUT2D eigenvalue weighted by atomic mass is 10.2. The van der Waals surface area contributed by atoms with E-state index >= 15 is 0 Å². The molecule has 0 heterocycles. The predicted octanol–water partition coefficient (Wildman–Crippen LogP) is 1.15. The van der Waals surface area contributed by atoms with Gasteiger partial charge in [-0.15, -0.1) is 0 Å². The first kappa shape index (κ1) is 11.5. The van der Waals surface area contributed by atoms with Crippen molar-refractivity contribution >= 4 is 28.7 Å². The van der Waals surface area contributed by atoms with Crippen molar-refractivity contribution in [2.75, 3.05) is 17.6 Å². The van der Waals surface area contributed by atoms with Gasteiger partial charge in [-0.1, -0.05) is 11.6 Å². The van der Waals surface area contributed by atoms with E-state index in [-0.39, 0.29) is 17.9 Å². The number of nitrogens with zero attached hydrogens (tertiary/aromatic N) is 1. The number of nitrogens with one attached hydrogen (secondary N) is 1. The molecule has 0 spiro atoms. The molecule has 0 aliphatic heterocycles. The molecule has 0 aliphatic rings. The normalized spacial score (nSPS) is 12.1. The molecule has 1 aromatic carbocycles. The lowest BCUT2D eigenvalue weighted by molar-refractivity contribution is -0.383. The van der Waals surface area contributed by atoms with Crippen LogP contribution in [-0.2, 0) is 0 Å². The highest BCUT2D eigenvalue weighted by molar-refractivity contribution is 6.19. The van der Waals surface area contributed by atoms with E-state index < -0.39 is 10.5 Å². The molecule has 1 unspecified atom stereocenters. The number of nitro benzene ring substituents is 1. The Hall–Kier alpha value is -1.53. The number of aliphatic hydroxyl groups excluding tert-OH is 1. The van der Waals surface area contributed by atoms with Crippen LogP contribution in [0.4, 0.5) is 17.1 Å². The van der Waals surface area contributed by atoms with Crippen LogP contribution in [0.3, 0.4) is 0 Å². The predicted molar refractivity (Wildman–Crippen MR) is 57.9 cm³/mol. The second kappa shape index (κ2) is 4.81. The number of nitrogen functional groups attached to an aromatic ring is 1. The molecule has 0 aliphatic carbocycles. The molecule has 1 aromatic rings. The number of nitro groups is 1. The molecule has 0 bridgehead atoms. The molecular weight excluding hydrogens is 222 g/mol. The Morgan fingerprint density at radius 1 is 1.67 bits per heavy atom. The van der Waals surface area contributed by atoms with E-state index in [0.29, 0.717) is 5.69 Å². The Bertz CT molecular complexity index is 370. The van der Waals surface area contributed by atoms with Crippen molar-refractivity contribution in [3.8, 4) is 0 Å². The molecule has 0 saturated carbocycles. The van der Waals surface area contributed by atoms with E-state index in [1.165, 1.54) is 18.2 Å². The molecule has 82 valence electrons. The van der Waals surface area contributed by atoms with Crippen LogP contribution in [0.1, 0.15) is 0 Å². The summed E-state index contributed by atoms with van der Waals surface area (Å²) in [6, 6.07) is 4.23. The van der Waals surface area contributed by atoms with Gasteiger partial charge in [-0.3, -0.25) is 10.1 Å². The number of aliphatic hydroxyl groups is 1. The number of benzene rings is 1. The largest absolute Gasteiger partial charge is 0.399 e. The monoisotopic (exact) mass is 231 g/mol. The maximum atomic E-state index is 10.6. The maximum Gasteiger partial charge on any atom is 0.294 e. The number of hydrogen-bond acceptors (Lipinski definition) is 5. The number of hydrogen-bond donors (Lipinski definition) is 3. The summed E-state index contributed by atoms with van der Waals surface area (Å²) in [5.74, 6) is 0. The average Bonchev–Trinajstić information content (AvgIpc) is 2.15. The minimum absolute atomic E-state index is 0.0202. The third-order valence-corrected chi connectivity index (χ3v) is 1.83. The zero-order chi connectivity index (χ0) is 11.4. The second-order valence-corrected chi connectivity index (χ2v) is 3.35. The average molecular weight is 232 g/mol. The molecule has 0 fully saturated rings. The van der Waals surface area contributed by atoms with Gasteiger partial charge in [-0.2, -0.15) is 0 Å². The molecule has 1 atom stereocenters. The number of rotatable bonds is 4. The number of alkyl halides is 1. The first-order valence-corrected chi connectivity index (χ1v) is 4.54. The number of nitrogens with two attached hydrogens (primary N) is 1. The Labute approximate surface area is 90.8 Å². The quantitative estimate of drug-likeness (QED) is 0.312. The van der Waals surface area contributed by atoms with Crippen molar-refractivity contribution in [2.24, 2.45) is 0 Å². The van der Waals surface area contributed by atoms with Crippen LogP contribution >= 0.6 is 11.6 Å². The molecule has 1 rings (SSSR count). The summed E-state index contributed by atoms with van der Waals surface area (Å²) in [6.07, 6.45) is 0. The lowest BCUT2D eigenvalue weighted by Crippen LogP contribution is -2.14. The van der Waals surface area contributed by atoms with Crippen molar-refractivity contribution in [1.29, 1.82) is 0 Å². The summed E-state index contributed by atoms with van der Waals surface area (Å²) in [5, 5.41) is 22.1. The Balaban J connectivity index is 2.91. The Morgan fingerprint density at radius 3 is 2.87 bits per heavy atom. The van der Waals surface area contributed by atoms with Crippen molar-refractivity contribution in [3.05, 3.63) is 28.3 Å². The van der Waals surface area contributed by atoms with Crippen molar-refractivity contribution < 1.29 is 10.0 Å².